The minimum Gasteiger partial charge on any atom is -0.410 e. The Bertz CT molecular complexity index is 851. The zero-order valence-electron chi connectivity index (χ0n) is 12.8. The smallest absolute Gasteiger partial charge is 0.410 e. The fourth-order valence-electron chi connectivity index (χ4n) is 2.27. The van der Waals surface area contributed by atoms with Gasteiger partial charge in [0.05, 0.1) is 15.7 Å². The number of amides is 1. The summed E-state index contributed by atoms with van der Waals surface area (Å²) in [6, 6.07) is 12.3. The summed E-state index contributed by atoms with van der Waals surface area (Å²) in [5.41, 5.74) is 3.45. The van der Waals surface area contributed by atoms with Crippen LogP contribution in [0.3, 0.4) is 0 Å². The number of carbonyl (C=O) groups excluding carboxylic acids is 1. The summed E-state index contributed by atoms with van der Waals surface area (Å²) >= 11 is 11.7. The molecule has 1 amide bonds. The molecular weight excluding hydrogens is 364 g/mol. The Hall–Kier alpha value is -1.76. The van der Waals surface area contributed by atoms with Crippen molar-refractivity contribution < 1.29 is 9.53 Å². The van der Waals surface area contributed by atoms with Crippen LogP contribution in [0.25, 0.3) is 10.2 Å². The lowest BCUT2D eigenvalue weighted by molar-refractivity contribution is 0.206. The maximum Gasteiger partial charge on any atom is 0.420 e. The molecule has 7 heteroatoms. The predicted molar refractivity (Wildman–Crippen MR) is 103 cm³/mol. The molecule has 3 aromatic rings. The average molecular weight is 379 g/mol. The predicted octanol–water partition coefficient (Wildman–Crippen LogP) is 5.27. The molecule has 3 rings (SSSR count). The number of benzene rings is 2. The Balaban J connectivity index is 1.90. The average Bonchev–Trinajstić information content (AvgIpc) is 3.04. The van der Waals surface area contributed by atoms with E-state index in [2.05, 4.69) is 17.6 Å². The molecular formula is C17H15ClN2O2S2. The first-order valence-corrected chi connectivity index (χ1v) is 9.18. The molecule has 1 aromatic heterocycles. The zero-order chi connectivity index (χ0) is 17.1. The van der Waals surface area contributed by atoms with Crippen molar-refractivity contribution in [2.75, 3.05) is 10.7 Å². The largest absolute Gasteiger partial charge is 0.420 e. The number of aromatic nitrogens is 1. The Morgan fingerprint density at radius 1 is 1.33 bits per heavy atom. The number of nitrogens with zero attached hydrogens (tertiary/aromatic N) is 2. The summed E-state index contributed by atoms with van der Waals surface area (Å²) in [5.74, 6) is 0.954. The molecule has 0 radical (unpaired) electrons. The molecule has 24 heavy (non-hydrogen) atoms. The monoisotopic (exact) mass is 378 g/mol. The van der Waals surface area contributed by atoms with Crippen molar-refractivity contribution in [1.29, 1.82) is 0 Å². The van der Waals surface area contributed by atoms with Crippen molar-refractivity contribution in [3.8, 4) is 5.75 Å². The molecule has 0 N–H and O–H groups in total. The summed E-state index contributed by atoms with van der Waals surface area (Å²) in [4.78, 5) is 18.6. The molecule has 0 aliphatic rings. The summed E-state index contributed by atoms with van der Waals surface area (Å²) in [6.07, 6.45) is -0.456. The Kier molecular flexibility index (Phi) is 5.28. The molecule has 2 aromatic carbocycles. The molecule has 0 bridgehead atoms. The number of fused-ring (bicyclic) bond motifs is 1. The topological polar surface area (TPSA) is 42.4 Å². The number of hydrogen-bond acceptors (Lipinski definition) is 5. The van der Waals surface area contributed by atoms with E-state index >= 15 is 0 Å². The van der Waals surface area contributed by atoms with Gasteiger partial charge in [0.25, 0.3) is 0 Å². The zero-order valence-corrected chi connectivity index (χ0v) is 15.3. The fourth-order valence-corrected chi connectivity index (χ4v) is 3.27. The Morgan fingerprint density at radius 2 is 2.08 bits per heavy atom. The lowest BCUT2D eigenvalue weighted by atomic mass is 10.2. The number of thiazole rings is 1. The highest BCUT2D eigenvalue weighted by Crippen LogP contribution is 2.27. The molecule has 0 aliphatic carbocycles. The van der Waals surface area contributed by atoms with Gasteiger partial charge in [0, 0.05) is 22.5 Å². The number of rotatable bonds is 4. The second-order valence-electron chi connectivity index (χ2n) is 5.23. The molecule has 0 saturated heterocycles. The second kappa shape index (κ2) is 7.42. The van der Waals surface area contributed by atoms with Gasteiger partial charge in [-0.25, -0.2) is 9.78 Å². The van der Waals surface area contributed by atoms with Crippen molar-refractivity contribution in [3.05, 3.63) is 53.0 Å². The van der Waals surface area contributed by atoms with Crippen LogP contribution in [-0.2, 0) is 0 Å². The molecule has 4 nitrogen and oxygen atoms in total. The number of halogens is 1. The van der Waals surface area contributed by atoms with Crippen LogP contribution in [0.4, 0.5) is 10.5 Å². The van der Waals surface area contributed by atoms with Gasteiger partial charge in [0.15, 0.2) is 0 Å². The van der Waals surface area contributed by atoms with Crippen molar-refractivity contribution in [2.24, 2.45) is 0 Å². The van der Waals surface area contributed by atoms with Crippen LogP contribution in [0.1, 0.15) is 6.92 Å². The summed E-state index contributed by atoms with van der Waals surface area (Å²) in [6.45, 7) is 1.92. The van der Waals surface area contributed by atoms with E-state index in [1.165, 1.54) is 11.3 Å². The molecule has 124 valence electrons. The maximum atomic E-state index is 12.7. The van der Waals surface area contributed by atoms with Crippen LogP contribution in [0.2, 0.25) is 5.02 Å². The highest BCUT2D eigenvalue weighted by molar-refractivity contribution is 7.80. The lowest BCUT2D eigenvalue weighted by Crippen LogP contribution is -2.41. The van der Waals surface area contributed by atoms with Gasteiger partial charge in [-0.15, -0.1) is 11.3 Å². The molecule has 1 unspecified atom stereocenters. The van der Waals surface area contributed by atoms with Crippen molar-refractivity contribution in [3.63, 3.8) is 0 Å². The quantitative estimate of drug-likeness (QED) is 0.628. The molecule has 0 spiro atoms. The van der Waals surface area contributed by atoms with Crippen molar-refractivity contribution in [2.45, 2.75) is 13.0 Å². The van der Waals surface area contributed by atoms with Gasteiger partial charge in [-0.1, -0.05) is 11.6 Å². The van der Waals surface area contributed by atoms with Crippen molar-refractivity contribution in [1.82, 2.24) is 4.98 Å². The molecule has 0 aliphatic heterocycles. The summed E-state index contributed by atoms with van der Waals surface area (Å²) in [5, 5.41) is 0.589. The Morgan fingerprint density at radius 3 is 2.79 bits per heavy atom. The maximum absolute atomic E-state index is 12.7. The number of hydrogen-bond donors (Lipinski definition) is 1. The van der Waals surface area contributed by atoms with E-state index in [1.807, 2.05) is 25.1 Å². The van der Waals surface area contributed by atoms with Gasteiger partial charge in [-0.3, -0.25) is 4.90 Å². The third kappa shape index (κ3) is 3.66. The third-order valence-electron chi connectivity index (χ3n) is 3.51. The number of carbonyl (C=O) groups is 1. The van der Waals surface area contributed by atoms with Crippen LogP contribution in [0.5, 0.6) is 5.75 Å². The molecule has 1 atom stereocenters. The van der Waals surface area contributed by atoms with Gasteiger partial charge >= 0.3 is 6.09 Å². The standard InChI is InChI=1S/C17H15ClN2O2S2/c1-11(9-23)20(13-4-7-15-16(8-13)24-10-19-15)17(21)22-14-5-2-12(18)3-6-14/h2-8,10-11,23H,9H2,1H3. The van der Waals surface area contributed by atoms with Crippen molar-refractivity contribution >= 4 is 57.6 Å². The third-order valence-corrected chi connectivity index (χ3v) is 5.09. The van der Waals surface area contributed by atoms with Crippen LogP contribution >= 0.6 is 35.6 Å². The van der Waals surface area contributed by atoms with E-state index in [1.54, 1.807) is 34.7 Å². The van der Waals surface area contributed by atoms with Gasteiger partial charge < -0.3 is 4.74 Å². The van der Waals surface area contributed by atoms with Crippen LogP contribution in [0.15, 0.2) is 48.0 Å². The van der Waals surface area contributed by atoms with Gasteiger partial charge in [-0.05, 0) is 49.4 Å². The molecule has 1 heterocycles. The number of ether oxygens (including phenoxy) is 1. The highest BCUT2D eigenvalue weighted by atomic mass is 35.5. The minimum atomic E-state index is -0.456. The van der Waals surface area contributed by atoms with E-state index in [9.17, 15) is 4.79 Å². The first-order chi connectivity index (χ1) is 11.6. The second-order valence-corrected chi connectivity index (χ2v) is 6.92. The van der Waals surface area contributed by atoms with E-state index in [-0.39, 0.29) is 6.04 Å². The minimum absolute atomic E-state index is 0.126. The summed E-state index contributed by atoms with van der Waals surface area (Å²) in [7, 11) is 0. The van der Waals surface area contributed by atoms with Crippen LogP contribution < -0.4 is 9.64 Å². The van der Waals surface area contributed by atoms with Gasteiger partial charge in [0.2, 0.25) is 0 Å². The SMILES string of the molecule is CC(CS)N(C(=O)Oc1ccc(Cl)cc1)c1ccc2ncsc2c1. The fraction of sp³-hybridized carbons (Fsp3) is 0.176. The van der Waals surface area contributed by atoms with E-state index < -0.39 is 6.09 Å². The lowest BCUT2D eigenvalue weighted by Gasteiger charge is -2.27. The highest BCUT2D eigenvalue weighted by Gasteiger charge is 2.23. The van der Waals surface area contributed by atoms with Gasteiger partial charge in [0.1, 0.15) is 5.75 Å². The van der Waals surface area contributed by atoms with Gasteiger partial charge in [-0.2, -0.15) is 12.6 Å². The molecule has 0 fully saturated rings. The first kappa shape index (κ1) is 17.1. The van der Waals surface area contributed by atoms with E-state index in [4.69, 9.17) is 16.3 Å². The van der Waals surface area contributed by atoms with Crippen LogP contribution in [0, 0.1) is 0 Å². The Labute approximate surface area is 154 Å². The van der Waals surface area contributed by atoms with Crippen LogP contribution in [-0.4, -0.2) is 22.9 Å². The normalized spacial score (nSPS) is 12.1. The number of thiol groups is 1. The van der Waals surface area contributed by atoms with E-state index in [0.717, 1.165) is 15.9 Å². The summed E-state index contributed by atoms with van der Waals surface area (Å²) < 4.78 is 6.50. The number of anilines is 1. The molecule has 0 saturated carbocycles. The van der Waals surface area contributed by atoms with E-state index in [0.29, 0.717) is 16.5 Å². The first-order valence-electron chi connectivity index (χ1n) is 7.29.